The summed E-state index contributed by atoms with van der Waals surface area (Å²) in [5.41, 5.74) is 1.68. The Kier molecular flexibility index (Phi) is 8.28. The fourth-order valence-electron chi connectivity index (χ4n) is 2.73. The lowest BCUT2D eigenvalue weighted by Crippen LogP contribution is -2.22. The van der Waals surface area contributed by atoms with E-state index < -0.39 is 16.1 Å². The maximum atomic E-state index is 12.4. The molecule has 1 heterocycles. The van der Waals surface area contributed by atoms with Gasteiger partial charge in [-0.1, -0.05) is 39.3 Å². The van der Waals surface area contributed by atoms with Gasteiger partial charge in [-0.05, 0) is 36.7 Å². The highest BCUT2D eigenvalue weighted by molar-refractivity contribution is 6.76. The van der Waals surface area contributed by atoms with E-state index in [1.165, 1.54) is 0 Å². The summed E-state index contributed by atoms with van der Waals surface area (Å²) in [6.07, 6.45) is 0. The third kappa shape index (κ3) is 8.08. The Balaban J connectivity index is 2.00. The van der Waals surface area contributed by atoms with Crippen molar-refractivity contribution in [3.05, 3.63) is 39.7 Å². The van der Waals surface area contributed by atoms with Crippen LogP contribution in [0.4, 0.5) is 0 Å². The zero-order valence-electron chi connectivity index (χ0n) is 19.0. The summed E-state index contributed by atoms with van der Waals surface area (Å²) in [6.45, 7) is 17.7. The summed E-state index contributed by atoms with van der Waals surface area (Å²) in [5.74, 6) is 0.632. The van der Waals surface area contributed by atoms with Gasteiger partial charge in [-0.3, -0.25) is 0 Å². The van der Waals surface area contributed by atoms with Gasteiger partial charge in [0, 0.05) is 40.8 Å². The van der Waals surface area contributed by atoms with Crippen LogP contribution in [0.1, 0.15) is 11.1 Å². The van der Waals surface area contributed by atoms with Gasteiger partial charge in [-0.2, -0.15) is 0 Å². The van der Waals surface area contributed by atoms with Gasteiger partial charge in [0.25, 0.3) is 0 Å². The second-order valence-corrected chi connectivity index (χ2v) is 21.2. The van der Waals surface area contributed by atoms with Crippen LogP contribution < -0.4 is 10.4 Å². The zero-order chi connectivity index (χ0) is 21.7. The molecule has 0 unspecified atom stereocenters. The highest BCUT2D eigenvalue weighted by Crippen LogP contribution is 2.24. The van der Waals surface area contributed by atoms with E-state index in [9.17, 15) is 4.79 Å². The molecule has 5 nitrogen and oxygen atoms in total. The SMILES string of the molecule is Cc1c(COCC[Si](C)(C)C)c(=O)oc2cc(OCOCC[Si](C)(C)C)ccc12. The number of rotatable bonds is 11. The van der Waals surface area contributed by atoms with E-state index in [1.807, 2.05) is 19.1 Å². The van der Waals surface area contributed by atoms with Crippen LogP contribution in [0.25, 0.3) is 11.0 Å². The van der Waals surface area contributed by atoms with Crippen molar-refractivity contribution in [3.8, 4) is 5.75 Å². The average molecular weight is 437 g/mol. The Bertz CT molecular complexity index is 862. The molecule has 7 heteroatoms. The normalized spacial score (nSPS) is 12.5. The van der Waals surface area contributed by atoms with Crippen LogP contribution in [-0.4, -0.2) is 36.2 Å². The molecule has 0 fully saturated rings. The largest absolute Gasteiger partial charge is 0.467 e. The monoisotopic (exact) mass is 436 g/mol. The van der Waals surface area contributed by atoms with Crippen LogP contribution >= 0.6 is 0 Å². The summed E-state index contributed by atoms with van der Waals surface area (Å²) in [5, 5.41) is 0.903. The zero-order valence-corrected chi connectivity index (χ0v) is 21.0. The molecular weight excluding hydrogens is 400 g/mol. The summed E-state index contributed by atoms with van der Waals surface area (Å²) < 4.78 is 22.5. The van der Waals surface area contributed by atoms with E-state index in [2.05, 4.69) is 39.3 Å². The molecule has 0 saturated carbocycles. The van der Waals surface area contributed by atoms with E-state index in [4.69, 9.17) is 18.6 Å². The number of benzene rings is 1. The molecule has 2 rings (SSSR count). The highest BCUT2D eigenvalue weighted by Gasteiger charge is 2.15. The van der Waals surface area contributed by atoms with Crippen LogP contribution in [0.15, 0.2) is 27.4 Å². The smallest absolute Gasteiger partial charge is 0.342 e. The van der Waals surface area contributed by atoms with Gasteiger partial charge in [0.2, 0.25) is 0 Å². The average Bonchev–Trinajstić information content (AvgIpc) is 2.58. The Morgan fingerprint density at radius 2 is 1.55 bits per heavy atom. The standard InChI is InChI=1S/C22H36O5Si2/c1-17-19-9-8-18(26-16-25-11-13-29(5,6)7)14-21(19)27-22(23)20(17)15-24-10-12-28(2,3)4/h8-9,14H,10-13,15-16H2,1-7H3. The topological polar surface area (TPSA) is 57.9 Å². The van der Waals surface area contributed by atoms with Gasteiger partial charge in [0.05, 0.1) is 12.2 Å². The van der Waals surface area contributed by atoms with Crippen molar-refractivity contribution < 1.29 is 18.6 Å². The molecule has 29 heavy (non-hydrogen) atoms. The van der Waals surface area contributed by atoms with Gasteiger partial charge in [0.1, 0.15) is 11.3 Å². The van der Waals surface area contributed by atoms with E-state index in [0.29, 0.717) is 30.1 Å². The van der Waals surface area contributed by atoms with E-state index in [-0.39, 0.29) is 19.0 Å². The minimum atomic E-state index is -1.15. The Hall–Kier alpha value is -1.42. The molecule has 0 atom stereocenters. The van der Waals surface area contributed by atoms with Crippen LogP contribution in [0, 0.1) is 6.92 Å². The number of aryl methyl sites for hydroxylation is 1. The highest BCUT2D eigenvalue weighted by atomic mass is 28.3. The van der Waals surface area contributed by atoms with Crippen LogP contribution in [0.3, 0.4) is 0 Å². The van der Waals surface area contributed by atoms with Crippen LogP contribution in [-0.2, 0) is 16.1 Å². The fraction of sp³-hybridized carbons (Fsp3) is 0.591. The molecular formula is C22H36O5Si2. The quantitative estimate of drug-likeness (QED) is 0.197. The van der Waals surface area contributed by atoms with E-state index in [1.54, 1.807) is 6.07 Å². The number of ether oxygens (including phenoxy) is 3. The molecule has 0 aliphatic carbocycles. The first-order chi connectivity index (χ1) is 13.5. The first-order valence-electron chi connectivity index (χ1n) is 10.3. The Morgan fingerprint density at radius 1 is 0.931 bits per heavy atom. The van der Waals surface area contributed by atoms with Crippen molar-refractivity contribution in [2.75, 3.05) is 20.0 Å². The third-order valence-corrected chi connectivity index (χ3v) is 8.22. The molecule has 1 aromatic heterocycles. The Labute approximate surface area is 176 Å². The first-order valence-corrected chi connectivity index (χ1v) is 17.7. The van der Waals surface area contributed by atoms with Crippen molar-refractivity contribution >= 4 is 27.1 Å². The first kappa shape index (κ1) is 23.9. The molecule has 2 aromatic rings. The fourth-order valence-corrected chi connectivity index (χ4v) is 4.24. The van der Waals surface area contributed by atoms with Gasteiger partial charge >= 0.3 is 5.63 Å². The summed E-state index contributed by atoms with van der Waals surface area (Å²) in [4.78, 5) is 12.4. The molecule has 162 valence electrons. The second kappa shape index (κ2) is 10.1. The predicted octanol–water partition coefficient (Wildman–Crippen LogP) is 5.65. The van der Waals surface area contributed by atoms with Gasteiger partial charge in [-0.25, -0.2) is 4.79 Å². The lowest BCUT2D eigenvalue weighted by Gasteiger charge is -2.16. The lowest BCUT2D eigenvalue weighted by atomic mass is 10.1. The van der Waals surface area contributed by atoms with Crippen LogP contribution in [0.2, 0.25) is 51.4 Å². The molecule has 0 aliphatic heterocycles. The minimum Gasteiger partial charge on any atom is -0.467 e. The van der Waals surface area contributed by atoms with Gasteiger partial charge in [0.15, 0.2) is 6.79 Å². The predicted molar refractivity (Wildman–Crippen MR) is 125 cm³/mol. The maximum Gasteiger partial charge on any atom is 0.342 e. The van der Waals surface area contributed by atoms with Gasteiger partial charge in [-0.15, -0.1) is 0 Å². The van der Waals surface area contributed by atoms with E-state index >= 15 is 0 Å². The molecule has 1 aromatic carbocycles. The molecule has 0 amide bonds. The summed E-state index contributed by atoms with van der Waals surface area (Å²) in [7, 11) is -2.25. The van der Waals surface area contributed by atoms with Crippen molar-refractivity contribution in [2.24, 2.45) is 0 Å². The molecule has 0 spiro atoms. The van der Waals surface area contributed by atoms with Crippen molar-refractivity contribution in [1.82, 2.24) is 0 Å². The summed E-state index contributed by atoms with van der Waals surface area (Å²) >= 11 is 0. The molecule has 0 N–H and O–H groups in total. The maximum absolute atomic E-state index is 12.4. The van der Waals surface area contributed by atoms with Crippen molar-refractivity contribution in [2.45, 2.75) is 64.9 Å². The lowest BCUT2D eigenvalue weighted by molar-refractivity contribution is 0.0221. The second-order valence-electron chi connectivity index (χ2n) is 10.00. The number of hydrogen-bond donors (Lipinski definition) is 0. The Morgan fingerprint density at radius 3 is 2.17 bits per heavy atom. The molecule has 0 aliphatic rings. The van der Waals surface area contributed by atoms with Crippen LogP contribution in [0.5, 0.6) is 5.75 Å². The molecule has 0 saturated heterocycles. The summed E-state index contributed by atoms with van der Waals surface area (Å²) in [6, 6.07) is 7.74. The van der Waals surface area contributed by atoms with Gasteiger partial charge < -0.3 is 18.6 Å². The van der Waals surface area contributed by atoms with Crippen molar-refractivity contribution in [1.29, 1.82) is 0 Å². The number of fused-ring (bicyclic) bond motifs is 1. The molecule has 0 bridgehead atoms. The minimum absolute atomic E-state index is 0.197. The van der Waals surface area contributed by atoms with Crippen molar-refractivity contribution in [3.63, 3.8) is 0 Å². The number of hydrogen-bond acceptors (Lipinski definition) is 5. The molecule has 0 radical (unpaired) electrons. The van der Waals surface area contributed by atoms with E-state index in [0.717, 1.165) is 23.0 Å². The third-order valence-electron chi connectivity index (χ3n) is 4.81.